The molecule has 11 heteroatoms. The predicted octanol–water partition coefficient (Wildman–Crippen LogP) is 4.71. The average Bonchev–Trinajstić information content (AvgIpc) is 3.48. The molecule has 0 saturated carbocycles. The van der Waals surface area contributed by atoms with Crippen molar-refractivity contribution in [1.82, 2.24) is 15.1 Å². The van der Waals surface area contributed by atoms with Gasteiger partial charge in [-0.15, -0.1) is 10.2 Å². The number of para-hydroxylation sites is 1. The van der Waals surface area contributed by atoms with Crippen molar-refractivity contribution >= 4 is 28.3 Å². The highest BCUT2D eigenvalue weighted by molar-refractivity contribution is 7.18. The summed E-state index contributed by atoms with van der Waals surface area (Å²) in [6.45, 7) is 0.458. The van der Waals surface area contributed by atoms with Crippen molar-refractivity contribution in [2.24, 2.45) is 0 Å². The van der Waals surface area contributed by atoms with Crippen LogP contribution in [0.1, 0.15) is 12.0 Å². The first-order chi connectivity index (χ1) is 20.0. The van der Waals surface area contributed by atoms with Crippen LogP contribution in [0.5, 0.6) is 23.0 Å². The molecule has 0 unspecified atom stereocenters. The standard InChI is InChI=1S/C30H32N4O6S/c1-37-23-12-10-22(11-13-23)29-32-33-30(41-29)31-27(35)16-18-34(28(36)20-40-24-7-5-4-6-8-24)17-15-21-9-14-25(38-2)26(19-21)39-3/h4-14,19H,15-18,20H2,1-3H3,(H,31,33,35). The van der Waals surface area contributed by atoms with Gasteiger partial charge in [-0.2, -0.15) is 0 Å². The number of nitrogens with one attached hydrogen (secondary N) is 1. The summed E-state index contributed by atoms with van der Waals surface area (Å²) in [5, 5.41) is 12.1. The van der Waals surface area contributed by atoms with Gasteiger partial charge in [0, 0.05) is 25.1 Å². The van der Waals surface area contributed by atoms with Gasteiger partial charge in [0.1, 0.15) is 16.5 Å². The molecule has 0 saturated heterocycles. The number of anilines is 1. The molecule has 0 bridgehead atoms. The van der Waals surface area contributed by atoms with E-state index in [0.29, 0.717) is 40.4 Å². The van der Waals surface area contributed by atoms with E-state index in [4.69, 9.17) is 18.9 Å². The van der Waals surface area contributed by atoms with E-state index in [2.05, 4.69) is 15.5 Å². The number of nitrogens with zero attached hydrogens (tertiary/aromatic N) is 3. The van der Waals surface area contributed by atoms with Crippen LogP contribution in [0.15, 0.2) is 72.8 Å². The minimum absolute atomic E-state index is 0.0838. The van der Waals surface area contributed by atoms with Gasteiger partial charge in [-0.25, -0.2) is 0 Å². The third kappa shape index (κ3) is 8.42. The first-order valence-electron chi connectivity index (χ1n) is 12.9. The van der Waals surface area contributed by atoms with Crippen molar-refractivity contribution in [2.75, 3.05) is 46.3 Å². The number of benzene rings is 3. The number of rotatable bonds is 14. The van der Waals surface area contributed by atoms with Crippen LogP contribution in [0.3, 0.4) is 0 Å². The van der Waals surface area contributed by atoms with Crippen molar-refractivity contribution in [3.8, 4) is 33.6 Å². The zero-order chi connectivity index (χ0) is 29.0. The first kappa shape index (κ1) is 29.3. The Morgan fingerprint density at radius 2 is 1.59 bits per heavy atom. The zero-order valence-corrected chi connectivity index (χ0v) is 24.0. The van der Waals surface area contributed by atoms with Crippen molar-refractivity contribution in [3.05, 3.63) is 78.4 Å². The quantitative estimate of drug-likeness (QED) is 0.230. The van der Waals surface area contributed by atoms with Crippen LogP contribution in [0.2, 0.25) is 0 Å². The molecular weight excluding hydrogens is 544 g/mol. The lowest BCUT2D eigenvalue weighted by Gasteiger charge is -2.23. The van der Waals surface area contributed by atoms with Gasteiger partial charge in [0.2, 0.25) is 11.0 Å². The smallest absolute Gasteiger partial charge is 0.260 e. The molecule has 0 aliphatic rings. The van der Waals surface area contributed by atoms with E-state index in [1.807, 2.05) is 60.7 Å². The molecule has 0 aliphatic heterocycles. The second-order valence-corrected chi connectivity index (χ2v) is 9.84. The lowest BCUT2D eigenvalue weighted by Crippen LogP contribution is -2.38. The largest absolute Gasteiger partial charge is 0.497 e. The third-order valence-corrected chi connectivity index (χ3v) is 7.08. The number of methoxy groups -OCH3 is 3. The first-order valence-corrected chi connectivity index (χ1v) is 13.7. The molecule has 3 aromatic carbocycles. The second-order valence-electron chi connectivity index (χ2n) is 8.86. The topological polar surface area (TPSA) is 112 Å². The number of ether oxygens (including phenoxy) is 4. The fourth-order valence-electron chi connectivity index (χ4n) is 3.96. The number of aromatic nitrogens is 2. The highest BCUT2D eigenvalue weighted by Gasteiger charge is 2.18. The molecule has 0 aliphatic carbocycles. The molecule has 0 spiro atoms. The molecule has 2 amide bonds. The summed E-state index contributed by atoms with van der Waals surface area (Å²) >= 11 is 1.27. The van der Waals surface area contributed by atoms with Gasteiger partial charge in [0.05, 0.1) is 21.3 Å². The van der Waals surface area contributed by atoms with Crippen molar-refractivity contribution < 1.29 is 28.5 Å². The highest BCUT2D eigenvalue weighted by atomic mass is 32.1. The third-order valence-electron chi connectivity index (χ3n) is 6.19. The van der Waals surface area contributed by atoms with E-state index >= 15 is 0 Å². The second kappa shape index (κ2) is 14.7. The molecule has 10 nitrogen and oxygen atoms in total. The lowest BCUT2D eigenvalue weighted by molar-refractivity contribution is -0.133. The average molecular weight is 577 g/mol. The Labute approximate surface area is 242 Å². The maximum absolute atomic E-state index is 13.1. The van der Waals surface area contributed by atoms with E-state index in [1.165, 1.54) is 11.3 Å². The van der Waals surface area contributed by atoms with Crippen LogP contribution in [0.25, 0.3) is 10.6 Å². The molecular formula is C30H32N4O6S. The Morgan fingerprint density at radius 3 is 2.29 bits per heavy atom. The summed E-state index contributed by atoms with van der Waals surface area (Å²) in [5.74, 6) is 2.09. The number of hydrogen-bond acceptors (Lipinski definition) is 9. The van der Waals surface area contributed by atoms with Crippen LogP contribution in [-0.2, 0) is 16.0 Å². The molecule has 0 fully saturated rings. The van der Waals surface area contributed by atoms with E-state index in [1.54, 1.807) is 38.4 Å². The Morgan fingerprint density at radius 1 is 0.829 bits per heavy atom. The molecule has 1 aromatic heterocycles. The van der Waals surface area contributed by atoms with E-state index in [9.17, 15) is 9.59 Å². The number of carbonyl (C=O) groups excluding carboxylic acids is 2. The van der Waals surface area contributed by atoms with Gasteiger partial charge < -0.3 is 29.2 Å². The van der Waals surface area contributed by atoms with Crippen molar-refractivity contribution in [1.29, 1.82) is 0 Å². The molecule has 0 atom stereocenters. The number of carbonyl (C=O) groups is 2. The van der Waals surface area contributed by atoms with E-state index < -0.39 is 0 Å². The Balaban J connectivity index is 1.37. The van der Waals surface area contributed by atoms with Gasteiger partial charge in [-0.3, -0.25) is 9.59 Å². The zero-order valence-electron chi connectivity index (χ0n) is 23.2. The number of hydrogen-bond donors (Lipinski definition) is 1. The fraction of sp³-hybridized carbons (Fsp3) is 0.267. The van der Waals surface area contributed by atoms with Crippen LogP contribution in [0, 0.1) is 0 Å². The Bertz CT molecular complexity index is 1430. The Kier molecular flexibility index (Phi) is 10.5. The minimum Gasteiger partial charge on any atom is -0.497 e. The molecule has 214 valence electrons. The normalized spacial score (nSPS) is 10.5. The van der Waals surface area contributed by atoms with Gasteiger partial charge in [0.15, 0.2) is 18.1 Å². The molecule has 1 N–H and O–H groups in total. The van der Waals surface area contributed by atoms with Gasteiger partial charge in [-0.1, -0.05) is 35.6 Å². The van der Waals surface area contributed by atoms with Crippen LogP contribution < -0.4 is 24.3 Å². The molecule has 41 heavy (non-hydrogen) atoms. The van der Waals surface area contributed by atoms with E-state index in [-0.39, 0.29) is 31.4 Å². The van der Waals surface area contributed by atoms with Gasteiger partial charge >= 0.3 is 0 Å². The summed E-state index contributed by atoms with van der Waals surface area (Å²) in [6.07, 6.45) is 0.640. The SMILES string of the molecule is COc1ccc(-c2nnc(NC(=O)CCN(CCc3ccc(OC)c(OC)c3)C(=O)COc3ccccc3)s2)cc1. The van der Waals surface area contributed by atoms with E-state index in [0.717, 1.165) is 16.9 Å². The molecule has 0 radical (unpaired) electrons. The molecule has 4 rings (SSSR count). The summed E-state index contributed by atoms with van der Waals surface area (Å²) in [6, 6.07) is 22.2. The number of amides is 2. The molecule has 1 heterocycles. The van der Waals surface area contributed by atoms with Crippen LogP contribution in [0.4, 0.5) is 5.13 Å². The lowest BCUT2D eigenvalue weighted by atomic mass is 10.1. The highest BCUT2D eigenvalue weighted by Crippen LogP contribution is 2.29. The van der Waals surface area contributed by atoms with Crippen LogP contribution >= 0.6 is 11.3 Å². The summed E-state index contributed by atoms with van der Waals surface area (Å²) in [7, 11) is 4.77. The fourth-order valence-corrected chi connectivity index (χ4v) is 4.72. The summed E-state index contributed by atoms with van der Waals surface area (Å²) in [4.78, 5) is 27.5. The summed E-state index contributed by atoms with van der Waals surface area (Å²) < 4.78 is 21.6. The van der Waals surface area contributed by atoms with Crippen LogP contribution in [-0.4, -0.2) is 67.9 Å². The summed E-state index contributed by atoms with van der Waals surface area (Å²) in [5.41, 5.74) is 1.84. The molecule has 4 aromatic rings. The minimum atomic E-state index is -0.268. The maximum Gasteiger partial charge on any atom is 0.260 e. The van der Waals surface area contributed by atoms with Gasteiger partial charge in [0.25, 0.3) is 5.91 Å². The monoisotopic (exact) mass is 576 g/mol. The van der Waals surface area contributed by atoms with Crippen molar-refractivity contribution in [3.63, 3.8) is 0 Å². The maximum atomic E-state index is 13.1. The predicted molar refractivity (Wildman–Crippen MR) is 157 cm³/mol. The van der Waals surface area contributed by atoms with Crippen molar-refractivity contribution in [2.45, 2.75) is 12.8 Å². The Hall–Kier alpha value is -4.64. The van der Waals surface area contributed by atoms with Gasteiger partial charge in [-0.05, 0) is 60.5 Å².